The van der Waals surface area contributed by atoms with Crippen LogP contribution < -0.4 is 0 Å². The van der Waals surface area contributed by atoms with Gasteiger partial charge >= 0.3 is 0 Å². The predicted molar refractivity (Wildman–Crippen MR) is 203 cm³/mol. The van der Waals surface area contributed by atoms with Crippen molar-refractivity contribution >= 4 is 44.0 Å². The van der Waals surface area contributed by atoms with Gasteiger partial charge in [-0.3, -0.25) is 10.1 Å². The molecule has 51 heavy (non-hydrogen) atoms. The number of fused-ring (bicyclic) bond motifs is 3. The Labute approximate surface area is 294 Å². The third-order valence-corrected chi connectivity index (χ3v) is 10.00. The molecule has 0 saturated heterocycles. The summed E-state index contributed by atoms with van der Waals surface area (Å²) in [5.74, 6) is 0.546. The molecule has 0 unspecified atom stereocenters. The molecule has 0 fully saturated rings. The zero-order chi connectivity index (χ0) is 33.7. The second kappa shape index (κ2) is 11.9. The minimum Gasteiger partial charge on any atom is -0.353 e. The van der Waals surface area contributed by atoms with Gasteiger partial charge in [0.15, 0.2) is 5.82 Å². The first-order chi connectivity index (χ1) is 25.3. The lowest BCUT2D eigenvalue weighted by molar-refractivity contribution is 1.04. The Hall–Kier alpha value is -6.91. The minimum atomic E-state index is 0.546. The summed E-state index contributed by atoms with van der Waals surface area (Å²) < 4.78 is 0. The smallest absolute Gasteiger partial charge is 0.160 e. The molecule has 0 amide bonds. The molecule has 10 aromatic rings. The number of hydrogen-bond acceptors (Lipinski definition) is 8. The quantitative estimate of drug-likeness (QED) is 0.180. The van der Waals surface area contributed by atoms with Crippen LogP contribution in [-0.4, -0.2) is 45.3 Å². The Morgan fingerprint density at radius 3 is 2.22 bits per heavy atom. The van der Waals surface area contributed by atoms with Crippen molar-refractivity contribution in [3.8, 4) is 67.0 Å². The third-order valence-electron chi connectivity index (χ3n) is 9.09. The first kappa shape index (κ1) is 29.0. The third kappa shape index (κ3) is 4.80. The van der Waals surface area contributed by atoms with Crippen molar-refractivity contribution in [2.24, 2.45) is 0 Å². The summed E-state index contributed by atoms with van der Waals surface area (Å²) in [7, 11) is 0. The van der Waals surface area contributed by atoms with Crippen molar-refractivity contribution in [2.45, 2.75) is 0 Å². The first-order valence-corrected chi connectivity index (χ1v) is 17.3. The summed E-state index contributed by atoms with van der Waals surface area (Å²) in [6.07, 6.45) is 7.04. The van der Waals surface area contributed by atoms with E-state index in [1.54, 1.807) is 29.9 Å². The normalized spacial score (nSPS) is 11.5. The average Bonchev–Trinajstić information content (AvgIpc) is 3.98. The fourth-order valence-corrected chi connectivity index (χ4v) is 7.70. The van der Waals surface area contributed by atoms with E-state index in [1.807, 2.05) is 72.9 Å². The molecule has 240 valence electrons. The maximum atomic E-state index is 5.58. The Morgan fingerprint density at radius 1 is 0.588 bits per heavy atom. The highest BCUT2D eigenvalue weighted by molar-refractivity contribution is 7.13. The number of aromatic amines is 2. The van der Waals surface area contributed by atoms with E-state index in [0.29, 0.717) is 11.5 Å². The van der Waals surface area contributed by atoms with E-state index in [2.05, 4.69) is 63.0 Å². The van der Waals surface area contributed by atoms with Crippen LogP contribution in [0.4, 0.5) is 0 Å². The molecule has 2 N–H and O–H groups in total. The van der Waals surface area contributed by atoms with E-state index < -0.39 is 0 Å². The number of hydrogen-bond donors (Lipinski definition) is 2. The number of benzene rings is 3. The summed E-state index contributed by atoms with van der Waals surface area (Å²) in [5, 5.41) is 22.3. The molecule has 10 rings (SSSR count). The van der Waals surface area contributed by atoms with Gasteiger partial charge in [0.2, 0.25) is 0 Å². The molecule has 0 aliphatic heterocycles. The maximum Gasteiger partial charge on any atom is 0.160 e. The molecule has 0 bridgehead atoms. The van der Waals surface area contributed by atoms with E-state index in [-0.39, 0.29) is 0 Å². The van der Waals surface area contributed by atoms with Crippen molar-refractivity contribution in [2.75, 3.05) is 0 Å². The van der Waals surface area contributed by atoms with Gasteiger partial charge in [-0.1, -0.05) is 48.5 Å². The van der Waals surface area contributed by atoms with Gasteiger partial charge in [0.1, 0.15) is 5.69 Å². The number of nitrogens with one attached hydrogen (secondary N) is 2. The molecule has 0 atom stereocenters. The highest BCUT2D eigenvalue weighted by Gasteiger charge is 2.30. The Balaban J connectivity index is 1.48. The number of thiophene rings is 1. The van der Waals surface area contributed by atoms with Gasteiger partial charge < -0.3 is 4.98 Å². The fraction of sp³-hybridized carbons (Fsp3) is 0. The van der Waals surface area contributed by atoms with E-state index in [4.69, 9.17) is 30.1 Å². The van der Waals surface area contributed by atoms with Gasteiger partial charge in [0.05, 0.1) is 33.8 Å². The molecule has 0 radical (unpaired) electrons. The van der Waals surface area contributed by atoms with E-state index in [0.717, 1.165) is 88.2 Å². The number of pyridine rings is 2. The lowest BCUT2D eigenvalue weighted by atomic mass is 9.85. The molecule has 10 heteroatoms. The van der Waals surface area contributed by atoms with Gasteiger partial charge in [-0.2, -0.15) is 15.3 Å². The van der Waals surface area contributed by atoms with Crippen LogP contribution in [0, 0.1) is 0 Å². The number of nitrogens with zero attached hydrogens (tertiary/aromatic N) is 7. The van der Waals surface area contributed by atoms with Crippen LogP contribution in [0.15, 0.2) is 139 Å². The van der Waals surface area contributed by atoms with Crippen LogP contribution in [0.2, 0.25) is 0 Å². The molecular weight excluding hydrogens is 651 g/mol. The van der Waals surface area contributed by atoms with Crippen LogP contribution in [0.5, 0.6) is 0 Å². The summed E-state index contributed by atoms with van der Waals surface area (Å²) in [5.41, 5.74) is 10.8. The van der Waals surface area contributed by atoms with E-state index >= 15 is 0 Å². The van der Waals surface area contributed by atoms with Gasteiger partial charge in [0, 0.05) is 79.2 Å². The molecule has 0 aliphatic rings. The van der Waals surface area contributed by atoms with Gasteiger partial charge in [-0.05, 0) is 66.0 Å². The largest absolute Gasteiger partial charge is 0.353 e. The molecule has 7 aromatic heterocycles. The van der Waals surface area contributed by atoms with Gasteiger partial charge in [-0.15, -0.1) is 11.3 Å². The summed E-state index contributed by atoms with van der Waals surface area (Å²) >= 11 is 1.67. The Morgan fingerprint density at radius 2 is 1.41 bits per heavy atom. The summed E-state index contributed by atoms with van der Waals surface area (Å²) in [6.45, 7) is 0. The number of aromatic nitrogens is 9. The van der Waals surface area contributed by atoms with Crippen molar-refractivity contribution < 1.29 is 0 Å². The average molecular weight is 676 g/mol. The first-order valence-electron chi connectivity index (χ1n) is 16.4. The molecule has 0 saturated carbocycles. The SMILES string of the molecule is c1ccc(-c2c(-c3cccs3)cc3nc(-c4cc5ccccc5[nH]4)c(-c4n[nH]c5ccccc45)c(-c4cccnn4)c3c2-c2ncccn2)nc1. The van der Waals surface area contributed by atoms with Crippen molar-refractivity contribution in [1.29, 1.82) is 0 Å². The van der Waals surface area contributed by atoms with Gasteiger partial charge in [0.25, 0.3) is 0 Å². The second-order valence-corrected chi connectivity index (χ2v) is 13.0. The lowest BCUT2D eigenvalue weighted by Crippen LogP contribution is -2.03. The zero-order valence-corrected chi connectivity index (χ0v) is 27.6. The summed E-state index contributed by atoms with van der Waals surface area (Å²) in [6, 6.07) is 36.5. The highest BCUT2D eigenvalue weighted by Crippen LogP contribution is 2.51. The minimum absolute atomic E-state index is 0.546. The lowest BCUT2D eigenvalue weighted by Gasteiger charge is -2.21. The second-order valence-electron chi connectivity index (χ2n) is 12.0. The topological polar surface area (TPSA) is 122 Å². The summed E-state index contributed by atoms with van der Waals surface area (Å²) in [4.78, 5) is 24.9. The highest BCUT2D eigenvalue weighted by atomic mass is 32.1. The van der Waals surface area contributed by atoms with Crippen LogP contribution in [0.25, 0.3) is 99.7 Å². The van der Waals surface area contributed by atoms with Crippen LogP contribution >= 0.6 is 11.3 Å². The van der Waals surface area contributed by atoms with Crippen LogP contribution in [0.1, 0.15) is 0 Å². The fourth-order valence-electron chi connectivity index (χ4n) is 6.96. The van der Waals surface area contributed by atoms with Crippen LogP contribution in [-0.2, 0) is 0 Å². The molecular formula is C41H25N9S. The standard InChI is InChI=1S/C41H25N9S/c1-3-12-27-24(10-1)22-32(46-27)40-38(39-25-11-2-4-13-28(25)49-50-39)35(30-15-7-20-45-48-30)36-31(47-40)23-26(33-16-8-21-51-33)34(29-14-5-6-17-42-29)37(36)41-43-18-9-19-44-41/h1-23,46H,(H,49,50). The van der Waals surface area contributed by atoms with Crippen molar-refractivity contribution in [1.82, 2.24) is 45.3 Å². The number of para-hydroxylation sites is 2. The molecule has 9 nitrogen and oxygen atoms in total. The van der Waals surface area contributed by atoms with Gasteiger partial charge in [-0.25, -0.2) is 15.0 Å². The van der Waals surface area contributed by atoms with E-state index in [9.17, 15) is 0 Å². The van der Waals surface area contributed by atoms with Crippen molar-refractivity contribution in [3.05, 3.63) is 139 Å². The zero-order valence-electron chi connectivity index (χ0n) is 26.8. The van der Waals surface area contributed by atoms with Crippen LogP contribution in [0.3, 0.4) is 0 Å². The Kier molecular flexibility index (Phi) is 6.78. The monoisotopic (exact) mass is 675 g/mol. The van der Waals surface area contributed by atoms with Crippen molar-refractivity contribution in [3.63, 3.8) is 0 Å². The molecule has 3 aromatic carbocycles. The molecule has 0 spiro atoms. The maximum absolute atomic E-state index is 5.58. The predicted octanol–water partition coefficient (Wildman–Crippen LogP) is 9.63. The number of H-pyrrole nitrogens is 2. The molecule has 0 aliphatic carbocycles. The number of rotatable bonds is 6. The van der Waals surface area contributed by atoms with E-state index in [1.165, 1.54) is 0 Å². The Bertz CT molecular complexity index is 2810. The molecule has 7 heterocycles.